The molecule has 6 rings (SSSR count). The van der Waals surface area contributed by atoms with Gasteiger partial charge in [-0.05, 0) is 140 Å². The number of aryl methyl sites for hydroxylation is 1. The minimum absolute atomic E-state index is 0.00923. The summed E-state index contributed by atoms with van der Waals surface area (Å²) in [4.78, 5) is 27.3. The van der Waals surface area contributed by atoms with Crippen LogP contribution in [0.15, 0.2) is 48.8 Å². The SMILES string of the molecule is C=C(O)CC(C)(C)CC(=O)O[C@H]1CC[C@@]2(C)C(CC[C@]3(C)C2CC[C@@H]2C4(C)[C@H](C(=C)C)CC[C@]4(CC(=O)NCc4cccc(C)c4)CC[C@]23C)C1(C)C. The summed E-state index contributed by atoms with van der Waals surface area (Å²) in [6, 6.07) is 8.48. The summed E-state index contributed by atoms with van der Waals surface area (Å²) < 4.78 is 6.38. The quantitative estimate of drug-likeness (QED) is 0.143. The standard InChI is InChI=1S/C48H73NO4/c1-31(2)35-18-23-48(28-40(51)49-30-34-15-13-14-32(3)26-34)25-24-46(11)38(47(35,48)12)17-16-37-44(9)21-20-39(43(7,8)36(44)19-22-45(37,46)10)53-41(52)29-42(5,6)27-33(4)50/h13-15,26,35-39,50H,1,4,16-25,27-30H2,2-3,5-12H3,(H,49,51)/t35-,36?,37?,38-,39-,44-,45+,46+,47?,48+/m0/s1. The van der Waals surface area contributed by atoms with Gasteiger partial charge in [-0.25, -0.2) is 0 Å². The molecule has 1 aromatic rings. The molecule has 5 nitrogen and oxygen atoms in total. The van der Waals surface area contributed by atoms with E-state index < -0.39 is 5.41 Å². The third kappa shape index (κ3) is 6.44. The van der Waals surface area contributed by atoms with Crippen molar-refractivity contribution in [2.24, 2.45) is 61.6 Å². The van der Waals surface area contributed by atoms with E-state index >= 15 is 0 Å². The lowest BCUT2D eigenvalue weighted by atomic mass is 9.30. The summed E-state index contributed by atoms with van der Waals surface area (Å²) in [6.45, 7) is 32.5. The van der Waals surface area contributed by atoms with Gasteiger partial charge in [0, 0.05) is 24.8 Å². The van der Waals surface area contributed by atoms with Crippen LogP contribution >= 0.6 is 0 Å². The Labute approximate surface area is 322 Å². The number of esters is 1. The van der Waals surface area contributed by atoms with Gasteiger partial charge in [0.15, 0.2) is 0 Å². The van der Waals surface area contributed by atoms with Gasteiger partial charge >= 0.3 is 5.97 Å². The second-order valence-electron chi connectivity index (χ2n) is 21.5. The summed E-state index contributed by atoms with van der Waals surface area (Å²) in [7, 11) is 0. The zero-order valence-electron chi connectivity index (χ0n) is 35.2. The number of carbonyl (C=O) groups excluding carboxylic acids is 2. The number of ether oxygens (including phenoxy) is 1. The number of aliphatic hydroxyl groups is 1. The Morgan fingerprint density at radius 3 is 2.21 bits per heavy atom. The molecule has 1 aromatic carbocycles. The highest BCUT2D eigenvalue weighted by atomic mass is 16.5. The summed E-state index contributed by atoms with van der Waals surface area (Å²) >= 11 is 0. The lowest BCUT2D eigenvalue weighted by Crippen LogP contribution is -2.68. The third-order valence-electron chi connectivity index (χ3n) is 17.7. The highest BCUT2D eigenvalue weighted by Crippen LogP contribution is 2.81. The smallest absolute Gasteiger partial charge is 0.306 e. The molecular formula is C48H73NO4. The second-order valence-corrected chi connectivity index (χ2v) is 21.5. The number of amides is 1. The molecule has 1 amide bonds. The molecule has 5 fully saturated rings. The van der Waals surface area contributed by atoms with Crippen LogP contribution in [0.1, 0.15) is 157 Å². The molecule has 0 radical (unpaired) electrons. The average Bonchev–Trinajstić information content (AvgIpc) is 3.33. The molecule has 0 saturated heterocycles. The molecule has 2 N–H and O–H groups in total. The molecule has 0 aliphatic heterocycles. The fraction of sp³-hybridized carbons (Fsp3) is 0.750. The molecule has 294 valence electrons. The van der Waals surface area contributed by atoms with Crippen LogP contribution in [0.25, 0.3) is 0 Å². The number of fused-ring (bicyclic) bond motifs is 7. The van der Waals surface area contributed by atoms with Crippen LogP contribution in [-0.2, 0) is 20.9 Å². The van der Waals surface area contributed by atoms with Gasteiger partial charge < -0.3 is 15.2 Å². The maximum atomic E-state index is 13.9. The average molecular weight is 728 g/mol. The fourth-order valence-electron chi connectivity index (χ4n) is 15.1. The topological polar surface area (TPSA) is 75.6 Å². The zero-order valence-corrected chi connectivity index (χ0v) is 35.2. The van der Waals surface area contributed by atoms with E-state index in [1.54, 1.807) is 0 Å². The van der Waals surface area contributed by atoms with Crippen molar-refractivity contribution in [3.8, 4) is 0 Å². The molecular weight excluding hydrogens is 655 g/mol. The molecule has 5 heteroatoms. The molecule has 0 heterocycles. The first kappa shape index (κ1) is 40.1. The van der Waals surface area contributed by atoms with E-state index in [4.69, 9.17) is 4.74 Å². The Morgan fingerprint density at radius 2 is 1.55 bits per heavy atom. The van der Waals surface area contributed by atoms with Gasteiger partial charge in [0.25, 0.3) is 0 Å². The van der Waals surface area contributed by atoms with Gasteiger partial charge in [-0.2, -0.15) is 0 Å². The molecule has 5 aliphatic carbocycles. The van der Waals surface area contributed by atoms with Crippen LogP contribution in [0.5, 0.6) is 0 Å². The minimum Gasteiger partial charge on any atom is -0.513 e. The van der Waals surface area contributed by atoms with Crippen LogP contribution in [0.3, 0.4) is 0 Å². The van der Waals surface area contributed by atoms with Gasteiger partial charge in [-0.3, -0.25) is 9.59 Å². The number of hydrogen-bond acceptors (Lipinski definition) is 4. The summed E-state index contributed by atoms with van der Waals surface area (Å²) in [6.07, 6.45) is 12.6. The third-order valence-corrected chi connectivity index (χ3v) is 17.7. The van der Waals surface area contributed by atoms with Gasteiger partial charge in [-0.1, -0.05) is 104 Å². The molecule has 10 atom stereocenters. The van der Waals surface area contributed by atoms with Crippen molar-refractivity contribution in [3.05, 3.63) is 59.9 Å². The summed E-state index contributed by atoms with van der Waals surface area (Å²) in [5.41, 5.74) is 3.75. The van der Waals surface area contributed by atoms with Crippen LogP contribution in [0.4, 0.5) is 0 Å². The lowest BCUT2D eigenvalue weighted by molar-refractivity contribution is -0.266. The van der Waals surface area contributed by atoms with E-state index in [0.29, 0.717) is 43.1 Å². The highest BCUT2D eigenvalue weighted by Gasteiger charge is 2.74. The number of carbonyl (C=O) groups is 2. The minimum atomic E-state index is -0.390. The maximum Gasteiger partial charge on any atom is 0.306 e. The van der Waals surface area contributed by atoms with Crippen molar-refractivity contribution in [2.75, 3.05) is 0 Å². The molecule has 3 unspecified atom stereocenters. The lowest BCUT2D eigenvalue weighted by Gasteiger charge is -2.75. The van der Waals surface area contributed by atoms with Gasteiger partial charge in [0.2, 0.25) is 5.91 Å². The number of rotatable bonds is 10. The van der Waals surface area contributed by atoms with E-state index in [2.05, 4.69) is 98.1 Å². The van der Waals surface area contributed by atoms with Crippen molar-refractivity contribution in [1.82, 2.24) is 5.32 Å². The van der Waals surface area contributed by atoms with Crippen molar-refractivity contribution >= 4 is 11.9 Å². The van der Waals surface area contributed by atoms with Crippen LogP contribution < -0.4 is 5.32 Å². The number of allylic oxidation sites excluding steroid dienone is 2. The Kier molecular flexibility index (Phi) is 10.3. The molecule has 0 bridgehead atoms. The van der Waals surface area contributed by atoms with Gasteiger partial charge in [0.1, 0.15) is 6.10 Å². The number of benzene rings is 1. The van der Waals surface area contributed by atoms with E-state index in [9.17, 15) is 14.7 Å². The van der Waals surface area contributed by atoms with Crippen molar-refractivity contribution in [2.45, 2.75) is 165 Å². The number of nitrogens with one attached hydrogen (secondary N) is 1. The molecule has 5 aliphatic rings. The molecule has 53 heavy (non-hydrogen) atoms. The number of hydrogen-bond donors (Lipinski definition) is 2. The molecule has 0 aromatic heterocycles. The normalized spacial score (nSPS) is 40.2. The van der Waals surface area contributed by atoms with E-state index in [-0.39, 0.29) is 62.7 Å². The Balaban J connectivity index is 1.24. The first-order valence-corrected chi connectivity index (χ1v) is 21.1. The number of aliphatic hydroxyl groups excluding tert-OH is 1. The summed E-state index contributed by atoms with van der Waals surface area (Å²) in [5, 5.41) is 13.2. The largest absolute Gasteiger partial charge is 0.513 e. The van der Waals surface area contributed by atoms with Crippen LogP contribution in [0.2, 0.25) is 0 Å². The van der Waals surface area contributed by atoms with Crippen LogP contribution in [0, 0.1) is 68.5 Å². The molecule has 0 spiro atoms. The maximum absolute atomic E-state index is 13.9. The van der Waals surface area contributed by atoms with Crippen molar-refractivity contribution in [1.29, 1.82) is 0 Å². The first-order valence-electron chi connectivity index (χ1n) is 21.1. The van der Waals surface area contributed by atoms with Crippen molar-refractivity contribution in [3.63, 3.8) is 0 Å². The van der Waals surface area contributed by atoms with Crippen LogP contribution in [-0.4, -0.2) is 23.1 Å². The second kappa shape index (κ2) is 13.6. The monoisotopic (exact) mass is 728 g/mol. The predicted molar refractivity (Wildman–Crippen MR) is 216 cm³/mol. The first-order chi connectivity index (χ1) is 24.5. The zero-order chi connectivity index (χ0) is 39.0. The summed E-state index contributed by atoms with van der Waals surface area (Å²) in [5.74, 6) is 2.24. The van der Waals surface area contributed by atoms with E-state index in [0.717, 1.165) is 38.5 Å². The van der Waals surface area contributed by atoms with E-state index in [1.807, 2.05) is 13.8 Å². The van der Waals surface area contributed by atoms with Gasteiger partial charge in [0.05, 0.1) is 12.2 Å². The fourth-order valence-corrected chi connectivity index (χ4v) is 15.1. The molecule has 5 saturated carbocycles. The predicted octanol–water partition coefficient (Wildman–Crippen LogP) is 11.8. The highest BCUT2D eigenvalue weighted by molar-refractivity contribution is 5.77. The Hall–Kier alpha value is -2.56. The Morgan fingerprint density at radius 1 is 0.868 bits per heavy atom. The van der Waals surface area contributed by atoms with Crippen molar-refractivity contribution < 1.29 is 19.4 Å². The van der Waals surface area contributed by atoms with E-state index in [1.165, 1.54) is 42.4 Å². The Bertz CT molecular complexity index is 1620. The van der Waals surface area contributed by atoms with Gasteiger partial charge in [-0.15, -0.1) is 0 Å².